The number of rotatable bonds is 4. The van der Waals surface area contributed by atoms with E-state index in [0.29, 0.717) is 5.75 Å². The van der Waals surface area contributed by atoms with Crippen molar-refractivity contribution >= 4 is 38.5 Å². The van der Waals surface area contributed by atoms with E-state index >= 15 is 0 Å². The highest BCUT2D eigenvalue weighted by Gasteiger charge is 2.20. The molecule has 0 bridgehead atoms. The van der Waals surface area contributed by atoms with Gasteiger partial charge in [-0.2, -0.15) is 9.78 Å². The van der Waals surface area contributed by atoms with Gasteiger partial charge in [-0.05, 0) is 60.2 Å². The van der Waals surface area contributed by atoms with Gasteiger partial charge in [0.25, 0.3) is 5.56 Å². The maximum absolute atomic E-state index is 13.2. The summed E-state index contributed by atoms with van der Waals surface area (Å²) in [6.45, 7) is 0. The molecule has 0 atom stereocenters. The molecule has 0 spiro atoms. The lowest BCUT2D eigenvalue weighted by atomic mass is 9.97. The van der Waals surface area contributed by atoms with Crippen molar-refractivity contribution in [3.63, 3.8) is 0 Å². The molecule has 0 fully saturated rings. The minimum Gasteiger partial charge on any atom is -0.497 e. The number of aryl methyl sites for hydroxylation is 2. The Bertz CT molecular complexity index is 1350. The van der Waals surface area contributed by atoms with Gasteiger partial charge in [0.15, 0.2) is 0 Å². The Morgan fingerprint density at radius 2 is 1.97 bits per heavy atom. The average molecular weight is 420 g/mol. The van der Waals surface area contributed by atoms with Gasteiger partial charge in [0.1, 0.15) is 22.7 Å². The second-order valence-electron chi connectivity index (χ2n) is 7.30. The number of benzene rings is 2. The third kappa shape index (κ3) is 3.06. The number of hydrogen-bond acceptors (Lipinski definition) is 6. The Kier molecular flexibility index (Phi) is 4.75. The smallest absolute Gasteiger partial charge is 0.282 e. The number of nitrogens with zero attached hydrogens (tertiary/aromatic N) is 3. The minimum absolute atomic E-state index is 0.118. The summed E-state index contributed by atoms with van der Waals surface area (Å²) in [7, 11) is 3.26. The molecule has 30 heavy (non-hydrogen) atoms. The van der Waals surface area contributed by atoms with E-state index in [1.54, 1.807) is 31.8 Å². The molecule has 2 aromatic carbocycles. The fourth-order valence-corrected chi connectivity index (χ4v) is 5.30. The van der Waals surface area contributed by atoms with E-state index in [-0.39, 0.29) is 5.56 Å². The first-order valence-corrected chi connectivity index (χ1v) is 10.7. The predicted molar refractivity (Wildman–Crippen MR) is 121 cm³/mol. The first-order valence-electron chi connectivity index (χ1n) is 9.90. The number of thiophene rings is 1. The molecule has 0 N–H and O–H groups in total. The lowest BCUT2D eigenvalue weighted by Crippen LogP contribution is -2.18. The fourth-order valence-electron chi connectivity index (χ4n) is 4.08. The van der Waals surface area contributed by atoms with Crippen LogP contribution >= 0.6 is 11.3 Å². The zero-order valence-corrected chi connectivity index (χ0v) is 17.7. The van der Waals surface area contributed by atoms with Crippen LogP contribution < -0.4 is 15.0 Å². The van der Waals surface area contributed by atoms with Gasteiger partial charge in [-0.25, -0.2) is 4.98 Å². The first-order chi connectivity index (χ1) is 14.7. The van der Waals surface area contributed by atoms with E-state index < -0.39 is 0 Å². The molecule has 0 unspecified atom stereocenters. The lowest BCUT2D eigenvalue weighted by molar-refractivity contribution is 0.413. The molecule has 0 saturated heterocycles. The molecule has 7 heteroatoms. The summed E-state index contributed by atoms with van der Waals surface area (Å²) < 4.78 is 12.2. The van der Waals surface area contributed by atoms with Crippen LogP contribution in [0.2, 0.25) is 0 Å². The summed E-state index contributed by atoms with van der Waals surface area (Å²) in [5.41, 5.74) is 1.83. The van der Waals surface area contributed by atoms with E-state index in [9.17, 15) is 4.79 Å². The molecule has 4 aromatic rings. The Morgan fingerprint density at radius 3 is 2.80 bits per heavy atom. The standard InChI is InChI=1S/C23H21N3O3S/c1-28-15-9-7-14-8-10-19(29-2)18(17(14)11-15)12-25-26-13-24-22-21(23(26)27)16-5-3-4-6-20(16)30-22/h7-13H,3-6H2,1-2H3/b25-12+. The van der Waals surface area contributed by atoms with Gasteiger partial charge in [0.05, 0.1) is 25.8 Å². The van der Waals surface area contributed by atoms with Crippen molar-refractivity contribution in [2.75, 3.05) is 14.2 Å². The molecular formula is C23H21N3O3S. The molecule has 0 amide bonds. The summed E-state index contributed by atoms with van der Waals surface area (Å²) in [5, 5.41) is 7.16. The van der Waals surface area contributed by atoms with Crippen molar-refractivity contribution in [1.29, 1.82) is 0 Å². The SMILES string of the molecule is COc1ccc2ccc(OC)c(/C=N/n3cnc4sc5c(c4c3=O)CCCC5)c2c1. The van der Waals surface area contributed by atoms with Gasteiger partial charge in [0, 0.05) is 10.4 Å². The summed E-state index contributed by atoms with van der Waals surface area (Å²) in [5.74, 6) is 1.42. The minimum atomic E-state index is -0.118. The molecule has 2 aromatic heterocycles. The van der Waals surface area contributed by atoms with Crippen LogP contribution in [0.15, 0.2) is 46.6 Å². The molecule has 6 nitrogen and oxygen atoms in total. The largest absolute Gasteiger partial charge is 0.497 e. The fraction of sp³-hybridized carbons (Fsp3) is 0.261. The van der Waals surface area contributed by atoms with Crippen molar-refractivity contribution in [3.05, 3.63) is 63.0 Å². The monoisotopic (exact) mass is 419 g/mol. The highest BCUT2D eigenvalue weighted by molar-refractivity contribution is 7.18. The van der Waals surface area contributed by atoms with Gasteiger partial charge in [-0.3, -0.25) is 4.79 Å². The summed E-state index contributed by atoms with van der Waals surface area (Å²) >= 11 is 1.64. The summed E-state index contributed by atoms with van der Waals surface area (Å²) in [6, 6.07) is 9.73. The molecule has 0 saturated carbocycles. The van der Waals surface area contributed by atoms with Gasteiger partial charge >= 0.3 is 0 Å². The molecule has 5 rings (SSSR count). The van der Waals surface area contributed by atoms with Crippen LogP contribution in [0.4, 0.5) is 0 Å². The molecule has 1 aliphatic rings. The van der Waals surface area contributed by atoms with Gasteiger partial charge in [-0.15, -0.1) is 11.3 Å². The maximum Gasteiger partial charge on any atom is 0.282 e. The van der Waals surface area contributed by atoms with Gasteiger partial charge in [-0.1, -0.05) is 12.1 Å². The summed E-state index contributed by atoms with van der Waals surface area (Å²) in [6.07, 6.45) is 7.43. The highest BCUT2D eigenvalue weighted by Crippen LogP contribution is 2.33. The van der Waals surface area contributed by atoms with E-state index in [2.05, 4.69) is 10.1 Å². The quantitative estimate of drug-likeness (QED) is 0.460. The van der Waals surface area contributed by atoms with Crippen LogP contribution in [-0.2, 0) is 12.8 Å². The average Bonchev–Trinajstić information content (AvgIpc) is 3.17. The van der Waals surface area contributed by atoms with E-state index in [0.717, 1.165) is 57.1 Å². The lowest BCUT2D eigenvalue weighted by Gasteiger charge is -2.10. The Morgan fingerprint density at radius 1 is 1.13 bits per heavy atom. The van der Waals surface area contributed by atoms with Crippen molar-refractivity contribution in [3.8, 4) is 11.5 Å². The van der Waals surface area contributed by atoms with Crippen LogP contribution in [0.1, 0.15) is 28.8 Å². The third-order valence-electron chi connectivity index (χ3n) is 5.62. The van der Waals surface area contributed by atoms with Crippen molar-refractivity contribution in [2.45, 2.75) is 25.7 Å². The van der Waals surface area contributed by atoms with E-state index in [1.807, 2.05) is 30.3 Å². The second kappa shape index (κ2) is 7.57. The Balaban J connectivity index is 1.65. The van der Waals surface area contributed by atoms with Crippen molar-refractivity contribution < 1.29 is 9.47 Å². The maximum atomic E-state index is 13.2. The number of ether oxygens (including phenoxy) is 2. The Labute approximate surface area is 177 Å². The van der Waals surface area contributed by atoms with Crippen molar-refractivity contribution in [1.82, 2.24) is 9.66 Å². The van der Waals surface area contributed by atoms with Crippen LogP contribution in [-0.4, -0.2) is 30.1 Å². The zero-order valence-electron chi connectivity index (χ0n) is 16.8. The predicted octanol–water partition coefficient (Wildman–Crippen LogP) is 4.39. The van der Waals surface area contributed by atoms with Crippen LogP contribution in [0, 0.1) is 0 Å². The molecule has 2 heterocycles. The van der Waals surface area contributed by atoms with E-state index in [4.69, 9.17) is 9.47 Å². The molecule has 0 aliphatic heterocycles. The summed E-state index contributed by atoms with van der Waals surface area (Å²) in [4.78, 5) is 19.8. The van der Waals surface area contributed by atoms with Crippen LogP contribution in [0.3, 0.4) is 0 Å². The first kappa shape index (κ1) is 18.8. The van der Waals surface area contributed by atoms with Crippen LogP contribution in [0.25, 0.3) is 21.0 Å². The van der Waals surface area contributed by atoms with Gasteiger partial charge in [0.2, 0.25) is 0 Å². The Hall–Kier alpha value is -3.19. The number of fused-ring (bicyclic) bond motifs is 4. The number of hydrogen-bond donors (Lipinski definition) is 0. The number of methoxy groups -OCH3 is 2. The van der Waals surface area contributed by atoms with Crippen molar-refractivity contribution in [2.24, 2.45) is 5.10 Å². The second-order valence-corrected chi connectivity index (χ2v) is 8.38. The van der Waals surface area contributed by atoms with Gasteiger partial charge < -0.3 is 9.47 Å². The molecular weight excluding hydrogens is 398 g/mol. The van der Waals surface area contributed by atoms with Crippen LogP contribution in [0.5, 0.6) is 11.5 Å². The third-order valence-corrected chi connectivity index (χ3v) is 6.82. The van der Waals surface area contributed by atoms with E-state index in [1.165, 1.54) is 22.3 Å². The highest BCUT2D eigenvalue weighted by atomic mass is 32.1. The molecule has 0 radical (unpaired) electrons. The molecule has 152 valence electrons. The normalized spacial score (nSPS) is 13.8. The zero-order chi connectivity index (χ0) is 20.7. The molecule has 1 aliphatic carbocycles. The number of aromatic nitrogens is 2. The topological polar surface area (TPSA) is 65.7 Å².